The van der Waals surface area contributed by atoms with Gasteiger partial charge in [-0.05, 0) is 11.5 Å². The van der Waals surface area contributed by atoms with Crippen molar-refractivity contribution in [1.82, 2.24) is 9.78 Å². The van der Waals surface area contributed by atoms with Gasteiger partial charge in [-0.1, -0.05) is 45.0 Å². The lowest BCUT2D eigenvalue weighted by atomic mass is 9.91. The molecule has 3 rings (SSSR count). The van der Waals surface area contributed by atoms with Gasteiger partial charge in [0.15, 0.2) is 5.69 Å². The van der Waals surface area contributed by atoms with E-state index in [1.54, 1.807) is 18.2 Å². The third-order valence-electron chi connectivity index (χ3n) is 4.24. The molecular weight excluding hydrogens is 384 g/mol. The second kappa shape index (κ2) is 6.57. The molecule has 0 radical (unpaired) electrons. The molecule has 0 aliphatic carbocycles. The lowest BCUT2D eigenvalue weighted by Gasteiger charge is -2.16. The van der Waals surface area contributed by atoms with E-state index in [0.717, 1.165) is 0 Å². The molecule has 0 saturated heterocycles. The monoisotopic (exact) mass is 404 g/mol. The number of aromatic nitrogens is 2. The Labute approximate surface area is 161 Å². The molecule has 3 aromatic rings. The Morgan fingerprint density at radius 2 is 1.71 bits per heavy atom. The number of H-pyrrole nitrogens is 1. The smallest absolute Gasteiger partial charge is 0.297 e. The van der Waals surface area contributed by atoms with Crippen LogP contribution >= 0.6 is 0 Å². The fourth-order valence-corrected chi connectivity index (χ4v) is 3.75. The molecule has 1 aromatic heterocycles. The van der Waals surface area contributed by atoms with Gasteiger partial charge in [0.1, 0.15) is 16.3 Å². The summed E-state index contributed by atoms with van der Waals surface area (Å²) in [4.78, 5) is 11.8. The topological polar surface area (TPSA) is 137 Å². The second-order valence-electron chi connectivity index (χ2n) is 7.42. The van der Waals surface area contributed by atoms with Crippen molar-refractivity contribution < 1.29 is 18.1 Å². The van der Waals surface area contributed by atoms with Crippen LogP contribution in [0.5, 0.6) is 5.75 Å². The van der Waals surface area contributed by atoms with Crippen molar-refractivity contribution in [2.45, 2.75) is 31.1 Å². The minimum absolute atomic E-state index is 0.0103. The number of hydrogen-bond donors (Lipinski definition) is 3. The Morgan fingerprint density at radius 1 is 1.11 bits per heavy atom. The number of aryl methyl sites for hydroxylation is 1. The highest BCUT2D eigenvalue weighted by atomic mass is 32.2. The average molecular weight is 404 g/mol. The molecule has 0 spiro atoms. The van der Waals surface area contributed by atoms with Gasteiger partial charge < -0.3 is 5.11 Å². The first-order valence-electron chi connectivity index (χ1n) is 8.34. The van der Waals surface area contributed by atoms with Crippen LogP contribution in [0.25, 0.3) is 10.8 Å². The van der Waals surface area contributed by atoms with Crippen LogP contribution < -0.4 is 5.56 Å². The highest BCUT2D eigenvalue weighted by Gasteiger charge is 2.26. The molecule has 0 amide bonds. The van der Waals surface area contributed by atoms with Crippen LogP contribution in [0.1, 0.15) is 26.5 Å². The lowest BCUT2D eigenvalue weighted by Crippen LogP contribution is -2.12. The van der Waals surface area contributed by atoms with Gasteiger partial charge in [0.25, 0.3) is 15.7 Å². The fourth-order valence-electron chi connectivity index (χ4n) is 2.90. The van der Waals surface area contributed by atoms with E-state index >= 15 is 0 Å². The van der Waals surface area contributed by atoms with Gasteiger partial charge in [0.05, 0.1) is 5.69 Å². The zero-order valence-electron chi connectivity index (χ0n) is 15.8. The lowest BCUT2D eigenvalue weighted by molar-refractivity contribution is 0.469. The summed E-state index contributed by atoms with van der Waals surface area (Å²) in [5.41, 5.74) is -0.875. The molecule has 28 heavy (non-hydrogen) atoms. The molecule has 0 unspecified atom stereocenters. The van der Waals surface area contributed by atoms with E-state index in [1.165, 1.54) is 23.9 Å². The van der Waals surface area contributed by atoms with E-state index in [-0.39, 0.29) is 11.1 Å². The van der Waals surface area contributed by atoms with Gasteiger partial charge in [0.2, 0.25) is 0 Å². The molecule has 0 aliphatic heterocycles. The molecule has 0 fully saturated rings. The molecule has 0 aliphatic rings. The van der Waals surface area contributed by atoms with E-state index in [4.69, 9.17) is 0 Å². The summed E-state index contributed by atoms with van der Waals surface area (Å²) in [7, 11) is -3.21. The summed E-state index contributed by atoms with van der Waals surface area (Å²) in [6.45, 7) is 5.61. The number of benzene rings is 2. The molecule has 10 heteroatoms. The van der Waals surface area contributed by atoms with Crippen LogP contribution in [0.3, 0.4) is 0 Å². The Balaban J connectivity index is 2.31. The van der Waals surface area contributed by atoms with Gasteiger partial charge in [-0.15, -0.1) is 10.2 Å². The van der Waals surface area contributed by atoms with Gasteiger partial charge in [-0.3, -0.25) is 19.1 Å². The molecule has 2 aromatic carbocycles. The van der Waals surface area contributed by atoms with Gasteiger partial charge >= 0.3 is 0 Å². The van der Waals surface area contributed by atoms with Crippen molar-refractivity contribution >= 4 is 32.3 Å². The molecule has 0 bridgehead atoms. The molecule has 9 nitrogen and oxygen atoms in total. The number of phenols is 1. The van der Waals surface area contributed by atoms with Gasteiger partial charge in [-0.2, -0.15) is 8.42 Å². The third kappa shape index (κ3) is 3.43. The summed E-state index contributed by atoms with van der Waals surface area (Å²) in [6, 6.07) is 7.64. The minimum Gasteiger partial charge on any atom is -0.506 e. The van der Waals surface area contributed by atoms with Crippen molar-refractivity contribution in [2.24, 2.45) is 17.3 Å². The largest absolute Gasteiger partial charge is 0.506 e. The number of aromatic hydroxyl groups is 1. The number of aromatic amines is 1. The van der Waals surface area contributed by atoms with Gasteiger partial charge in [-0.25, -0.2) is 0 Å². The average Bonchev–Trinajstić information content (AvgIpc) is 2.86. The summed E-state index contributed by atoms with van der Waals surface area (Å²) in [5, 5.41) is 21.6. The highest BCUT2D eigenvalue weighted by Crippen LogP contribution is 2.41. The number of nitrogens with zero attached hydrogens (tertiary/aromatic N) is 3. The maximum Gasteiger partial charge on any atom is 0.297 e. The number of azo groups is 1. The van der Waals surface area contributed by atoms with Crippen LogP contribution in [0, 0.1) is 0 Å². The normalized spacial score (nSPS) is 12.9. The highest BCUT2D eigenvalue weighted by molar-refractivity contribution is 7.86. The standard InChI is InChI=1S/C18H20N4O5S/c1-18(2,3)16-14(17(24)22(4)21-16)20-19-13-12(23)9-10-7-5-6-8-11(10)15(13)28(25,26)27/h5-9,21,23H,1-4H3,(H,25,26,27). The SMILES string of the molecule is Cn1[nH]c(C(C)(C)C)c(N=Nc2c(O)cc3ccccc3c2S(=O)(=O)O)c1=O. The Morgan fingerprint density at radius 3 is 2.32 bits per heavy atom. The van der Waals surface area contributed by atoms with Crippen LogP contribution in [-0.2, 0) is 22.6 Å². The van der Waals surface area contributed by atoms with E-state index in [1.807, 2.05) is 20.8 Å². The maximum absolute atomic E-state index is 12.4. The molecular formula is C18H20N4O5S. The number of rotatable bonds is 3. The second-order valence-corrected chi connectivity index (χ2v) is 8.78. The Hall–Kier alpha value is -2.98. The molecule has 1 heterocycles. The van der Waals surface area contributed by atoms with Crippen molar-refractivity contribution in [1.29, 1.82) is 0 Å². The van der Waals surface area contributed by atoms with Crippen molar-refractivity contribution in [3.05, 3.63) is 46.4 Å². The summed E-state index contributed by atoms with van der Waals surface area (Å²) >= 11 is 0. The van der Waals surface area contributed by atoms with Crippen molar-refractivity contribution in [3.8, 4) is 5.75 Å². The quantitative estimate of drug-likeness (QED) is 0.453. The predicted octanol–water partition coefficient (Wildman–Crippen LogP) is 3.53. The van der Waals surface area contributed by atoms with E-state index in [0.29, 0.717) is 11.1 Å². The molecule has 0 saturated carbocycles. The maximum atomic E-state index is 12.4. The summed E-state index contributed by atoms with van der Waals surface area (Å²) < 4.78 is 35.0. The van der Waals surface area contributed by atoms with Crippen molar-refractivity contribution in [3.63, 3.8) is 0 Å². The zero-order valence-corrected chi connectivity index (χ0v) is 16.6. The number of nitrogens with one attached hydrogen (secondary N) is 1. The first kappa shape index (κ1) is 19.8. The molecule has 3 N–H and O–H groups in total. The summed E-state index contributed by atoms with van der Waals surface area (Å²) in [5.74, 6) is -0.486. The third-order valence-corrected chi connectivity index (χ3v) is 5.17. The van der Waals surface area contributed by atoms with Crippen LogP contribution in [-0.4, -0.2) is 27.9 Å². The van der Waals surface area contributed by atoms with Crippen LogP contribution in [0.2, 0.25) is 0 Å². The molecule has 0 atom stereocenters. The van der Waals surface area contributed by atoms with E-state index in [2.05, 4.69) is 15.3 Å². The first-order valence-corrected chi connectivity index (χ1v) is 9.78. The molecule has 148 valence electrons. The van der Waals surface area contributed by atoms with Crippen molar-refractivity contribution in [2.75, 3.05) is 0 Å². The number of hydrogen-bond acceptors (Lipinski definition) is 6. The van der Waals surface area contributed by atoms with E-state index < -0.39 is 37.4 Å². The fraction of sp³-hybridized carbons (Fsp3) is 0.278. The predicted molar refractivity (Wildman–Crippen MR) is 104 cm³/mol. The zero-order chi connectivity index (χ0) is 20.9. The number of phenolic OH excluding ortho intramolecular Hbond substituents is 1. The first-order chi connectivity index (χ1) is 12.9. The minimum atomic E-state index is -4.74. The van der Waals surface area contributed by atoms with Gasteiger partial charge in [0, 0.05) is 17.8 Å². The Bertz CT molecular complexity index is 1260. The van der Waals surface area contributed by atoms with Crippen LogP contribution in [0.15, 0.2) is 50.3 Å². The van der Waals surface area contributed by atoms with E-state index in [9.17, 15) is 22.9 Å². The number of fused-ring (bicyclic) bond motifs is 1. The Kier molecular flexibility index (Phi) is 4.64. The summed E-state index contributed by atoms with van der Waals surface area (Å²) in [6.07, 6.45) is 0. The van der Waals surface area contributed by atoms with Crippen LogP contribution in [0.4, 0.5) is 11.4 Å².